The predicted molar refractivity (Wildman–Crippen MR) is 59.0 cm³/mol. The quantitative estimate of drug-likeness (QED) is 0.748. The topological polar surface area (TPSA) is 37.8 Å². The lowest BCUT2D eigenvalue weighted by atomic mass is 10.1. The van der Waals surface area contributed by atoms with Gasteiger partial charge in [0.1, 0.15) is 5.82 Å². The van der Waals surface area contributed by atoms with Gasteiger partial charge in [-0.2, -0.15) is 0 Å². The van der Waals surface area contributed by atoms with Crippen molar-refractivity contribution in [1.29, 1.82) is 0 Å². The summed E-state index contributed by atoms with van der Waals surface area (Å²) < 4.78 is 0. The highest BCUT2D eigenvalue weighted by molar-refractivity contribution is 5.30. The molecule has 2 aliphatic rings. The molecule has 3 nitrogen and oxygen atoms in total. The summed E-state index contributed by atoms with van der Waals surface area (Å²) in [5, 5.41) is 3.38. The molecule has 80 valence electrons. The average molecular weight is 203 g/mol. The fraction of sp³-hybridized carbons (Fsp3) is 0.667. The molecule has 15 heavy (non-hydrogen) atoms. The molecule has 1 aromatic heterocycles. The van der Waals surface area contributed by atoms with Crippen molar-refractivity contribution in [3.05, 3.63) is 22.8 Å². The van der Waals surface area contributed by atoms with Crippen molar-refractivity contribution in [3.63, 3.8) is 0 Å². The Kier molecular flexibility index (Phi) is 2.20. The fourth-order valence-electron chi connectivity index (χ4n) is 2.70. The second-order valence-electron chi connectivity index (χ2n) is 4.64. The molecule has 0 bridgehead atoms. The van der Waals surface area contributed by atoms with Crippen molar-refractivity contribution in [1.82, 2.24) is 15.3 Å². The van der Waals surface area contributed by atoms with Crippen LogP contribution in [0, 0.1) is 6.92 Å². The third kappa shape index (κ3) is 1.55. The Morgan fingerprint density at radius 3 is 3.00 bits per heavy atom. The fourth-order valence-corrected chi connectivity index (χ4v) is 2.70. The molecule has 0 amide bonds. The van der Waals surface area contributed by atoms with Crippen LogP contribution < -0.4 is 5.32 Å². The number of hydrogen-bond donors (Lipinski definition) is 1. The number of aryl methyl sites for hydroxylation is 2. The zero-order valence-corrected chi connectivity index (χ0v) is 9.21. The molecule has 1 aromatic rings. The number of aromatic nitrogens is 2. The molecule has 1 atom stereocenters. The van der Waals surface area contributed by atoms with Gasteiger partial charge in [-0.25, -0.2) is 9.97 Å². The van der Waals surface area contributed by atoms with Gasteiger partial charge in [0.05, 0.1) is 0 Å². The molecule has 0 spiro atoms. The number of hydrogen-bond acceptors (Lipinski definition) is 3. The van der Waals surface area contributed by atoms with Gasteiger partial charge in [-0.3, -0.25) is 0 Å². The van der Waals surface area contributed by atoms with E-state index in [0.717, 1.165) is 25.3 Å². The van der Waals surface area contributed by atoms with Crippen molar-refractivity contribution in [2.45, 2.75) is 38.5 Å². The highest BCUT2D eigenvalue weighted by atomic mass is 15.0. The number of rotatable bonds is 1. The van der Waals surface area contributed by atoms with Crippen LogP contribution in [0.15, 0.2) is 0 Å². The molecule has 0 aromatic carbocycles. The van der Waals surface area contributed by atoms with Gasteiger partial charge in [0.2, 0.25) is 0 Å². The van der Waals surface area contributed by atoms with Crippen LogP contribution in [0.5, 0.6) is 0 Å². The smallest absolute Gasteiger partial charge is 0.133 e. The van der Waals surface area contributed by atoms with Crippen LogP contribution in [0.1, 0.15) is 41.5 Å². The number of nitrogens with one attached hydrogen (secondary N) is 1. The van der Waals surface area contributed by atoms with Gasteiger partial charge >= 0.3 is 0 Å². The SMILES string of the molecule is Cc1nc(C2CCNC2)nc2c1CCC2. The van der Waals surface area contributed by atoms with Crippen LogP contribution >= 0.6 is 0 Å². The summed E-state index contributed by atoms with van der Waals surface area (Å²) in [6.45, 7) is 4.31. The van der Waals surface area contributed by atoms with E-state index in [1.807, 2.05) is 0 Å². The summed E-state index contributed by atoms with van der Waals surface area (Å²) in [5.74, 6) is 1.63. The first-order chi connectivity index (χ1) is 7.34. The Morgan fingerprint density at radius 2 is 2.20 bits per heavy atom. The van der Waals surface area contributed by atoms with E-state index in [0.29, 0.717) is 5.92 Å². The maximum Gasteiger partial charge on any atom is 0.133 e. The minimum Gasteiger partial charge on any atom is -0.316 e. The van der Waals surface area contributed by atoms with Gasteiger partial charge in [0, 0.05) is 23.9 Å². The van der Waals surface area contributed by atoms with E-state index >= 15 is 0 Å². The van der Waals surface area contributed by atoms with Crippen molar-refractivity contribution >= 4 is 0 Å². The van der Waals surface area contributed by atoms with Crippen molar-refractivity contribution in [2.75, 3.05) is 13.1 Å². The molecule has 1 fully saturated rings. The van der Waals surface area contributed by atoms with Gasteiger partial charge in [0.15, 0.2) is 0 Å². The van der Waals surface area contributed by atoms with E-state index in [1.54, 1.807) is 0 Å². The Hall–Kier alpha value is -0.960. The van der Waals surface area contributed by atoms with Crippen LogP contribution in [0.25, 0.3) is 0 Å². The molecule has 1 unspecified atom stereocenters. The molecule has 3 heteroatoms. The highest BCUT2D eigenvalue weighted by Crippen LogP contribution is 2.26. The van der Waals surface area contributed by atoms with Gasteiger partial charge in [-0.15, -0.1) is 0 Å². The summed E-state index contributed by atoms with van der Waals surface area (Å²) in [6.07, 6.45) is 4.80. The lowest BCUT2D eigenvalue weighted by molar-refractivity contribution is 0.689. The summed E-state index contributed by atoms with van der Waals surface area (Å²) in [7, 11) is 0. The van der Waals surface area contributed by atoms with E-state index in [9.17, 15) is 0 Å². The molecule has 1 aliphatic carbocycles. The normalized spacial score (nSPS) is 24.5. The standard InChI is InChI=1S/C12H17N3/c1-8-10-3-2-4-11(10)15-12(14-8)9-5-6-13-7-9/h9,13H,2-7H2,1H3. The van der Waals surface area contributed by atoms with Crippen molar-refractivity contribution in [2.24, 2.45) is 0 Å². The van der Waals surface area contributed by atoms with E-state index in [1.165, 1.54) is 36.2 Å². The molecule has 1 saturated heterocycles. The number of fused-ring (bicyclic) bond motifs is 1. The zero-order chi connectivity index (χ0) is 10.3. The first-order valence-electron chi connectivity index (χ1n) is 5.91. The molecule has 3 rings (SSSR count). The van der Waals surface area contributed by atoms with Gasteiger partial charge in [-0.05, 0) is 44.7 Å². The first-order valence-corrected chi connectivity index (χ1v) is 5.91. The molecule has 1 aliphatic heterocycles. The second kappa shape index (κ2) is 3.56. The largest absolute Gasteiger partial charge is 0.316 e. The maximum atomic E-state index is 4.74. The number of nitrogens with zero attached hydrogens (tertiary/aromatic N) is 2. The second-order valence-corrected chi connectivity index (χ2v) is 4.64. The van der Waals surface area contributed by atoms with Crippen LogP contribution in [0.4, 0.5) is 0 Å². The molecule has 0 radical (unpaired) electrons. The van der Waals surface area contributed by atoms with E-state index in [4.69, 9.17) is 4.98 Å². The lowest BCUT2D eigenvalue weighted by Crippen LogP contribution is -2.12. The van der Waals surface area contributed by atoms with Crippen LogP contribution in [-0.4, -0.2) is 23.1 Å². The molecular weight excluding hydrogens is 186 g/mol. The zero-order valence-electron chi connectivity index (χ0n) is 9.21. The Balaban J connectivity index is 1.99. The van der Waals surface area contributed by atoms with E-state index in [-0.39, 0.29) is 0 Å². The van der Waals surface area contributed by atoms with E-state index < -0.39 is 0 Å². The molecule has 1 N–H and O–H groups in total. The Labute approximate surface area is 90.3 Å². The lowest BCUT2D eigenvalue weighted by Gasteiger charge is -2.10. The minimum absolute atomic E-state index is 0.551. The van der Waals surface area contributed by atoms with Crippen LogP contribution in [0.2, 0.25) is 0 Å². The highest BCUT2D eigenvalue weighted by Gasteiger charge is 2.23. The minimum atomic E-state index is 0.551. The molecule has 0 saturated carbocycles. The van der Waals surface area contributed by atoms with Crippen LogP contribution in [0.3, 0.4) is 0 Å². The van der Waals surface area contributed by atoms with Crippen LogP contribution in [-0.2, 0) is 12.8 Å². The van der Waals surface area contributed by atoms with Gasteiger partial charge in [-0.1, -0.05) is 0 Å². The Bertz CT molecular complexity index is 381. The Morgan fingerprint density at radius 1 is 1.27 bits per heavy atom. The summed E-state index contributed by atoms with van der Waals surface area (Å²) in [4.78, 5) is 9.42. The summed E-state index contributed by atoms with van der Waals surface area (Å²) in [6, 6.07) is 0. The van der Waals surface area contributed by atoms with E-state index in [2.05, 4.69) is 17.2 Å². The summed E-state index contributed by atoms with van der Waals surface area (Å²) in [5.41, 5.74) is 3.97. The predicted octanol–water partition coefficient (Wildman–Crippen LogP) is 1.35. The third-order valence-corrected chi connectivity index (χ3v) is 3.58. The third-order valence-electron chi connectivity index (χ3n) is 3.58. The monoisotopic (exact) mass is 203 g/mol. The summed E-state index contributed by atoms with van der Waals surface area (Å²) >= 11 is 0. The van der Waals surface area contributed by atoms with Gasteiger partial charge in [0.25, 0.3) is 0 Å². The van der Waals surface area contributed by atoms with Crippen molar-refractivity contribution in [3.8, 4) is 0 Å². The first kappa shape index (κ1) is 9.28. The molecular formula is C12H17N3. The average Bonchev–Trinajstić information content (AvgIpc) is 2.88. The van der Waals surface area contributed by atoms with Gasteiger partial charge < -0.3 is 5.32 Å². The molecule has 2 heterocycles. The maximum absolute atomic E-state index is 4.74. The van der Waals surface area contributed by atoms with Crippen molar-refractivity contribution < 1.29 is 0 Å².